The molecule has 6 heteroatoms. The van der Waals surface area contributed by atoms with Crippen molar-refractivity contribution in [3.63, 3.8) is 0 Å². The standard InChI is InChI=1S/C17H19Cl2NO3/c1-4-9(2)17(23-10(3)21)16-11(7-8-22-17)14-12(18)5-6-13(19)15(14)20-16/h5-6,9,20H,4,7-8H2,1-3H3. The number of aromatic amines is 1. The number of carbonyl (C=O) groups is 1. The van der Waals surface area contributed by atoms with Gasteiger partial charge >= 0.3 is 5.97 Å². The van der Waals surface area contributed by atoms with Crippen LogP contribution >= 0.6 is 23.2 Å². The van der Waals surface area contributed by atoms with E-state index in [4.69, 9.17) is 32.7 Å². The van der Waals surface area contributed by atoms with Crippen LogP contribution in [0.5, 0.6) is 0 Å². The predicted octanol–water partition coefficient (Wildman–Crippen LogP) is 4.81. The molecule has 1 aromatic carbocycles. The van der Waals surface area contributed by atoms with E-state index < -0.39 is 5.79 Å². The average molecular weight is 356 g/mol. The second-order valence-electron chi connectivity index (χ2n) is 5.93. The Bertz CT molecular complexity index is 771. The van der Waals surface area contributed by atoms with Crippen molar-refractivity contribution < 1.29 is 14.3 Å². The number of hydrogen-bond donors (Lipinski definition) is 1. The van der Waals surface area contributed by atoms with Gasteiger partial charge in [0.25, 0.3) is 5.79 Å². The molecule has 0 radical (unpaired) electrons. The van der Waals surface area contributed by atoms with E-state index >= 15 is 0 Å². The van der Waals surface area contributed by atoms with Crippen LogP contribution in [0.25, 0.3) is 10.9 Å². The summed E-state index contributed by atoms with van der Waals surface area (Å²) in [7, 11) is 0. The van der Waals surface area contributed by atoms with Crippen LogP contribution in [0.1, 0.15) is 38.4 Å². The summed E-state index contributed by atoms with van der Waals surface area (Å²) in [6.45, 7) is 5.90. The minimum Gasteiger partial charge on any atom is -0.427 e. The Kier molecular flexibility index (Phi) is 4.34. The highest BCUT2D eigenvalue weighted by Crippen LogP contribution is 2.46. The molecule has 0 amide bonds. The van der Waals surface area contributed by atoms with Gasteiger partial charge in [0, 0.05) is 18.2 Å². The Morgan fingerprint density at radius 3 is 2.78 bits per heavy atom. The van der Waals surface area contributed by atoms with E-state index in [9.17, 15) is 4.79 Å². The van der Waals surface area contributed by atoms with Gasteiger partial charge in [-0.2, -0.15) is 0 Å². The molecule has 2 heterocycles. The predicted molar refractivity (Wildman–Crippen MR) is 90.9 cm³/mol. The van der Waals surface area contributed by atoms with Crippen LogP contribution in [0.2, 0.25) is 10.0 Å². The van der Waals surface area contributed by atoms with Crippen LogP contribution in [-0.2, 0) is 26.5 Å². The highest BCUT2D eigenvalue weighted by molar-refractivity contribution is 6.40. The number of rotatable bonds is 3. The summed E-state index contributed by atoms with van der Waals surface area (Å²) in [6.07, 6.45) is 1.48. The molecule has 0 fully saturated rings. The van der Waals surface area contributed by atoms with Crippen molar-refractivity contribution in [3.05, 3.63) is 33.4 Å². The Labute approximate surface area is 145 Å². The summed E-state index contributed by atoms with van der Waals surface area (Å²) >= 11 is 12.7. The Morgan fingerprint density at radius 1 is 1.43 bits per heavy atom. The first-order valence-corrected chi connectivity index (χ1v) is 8.48. The van der Waals surface area contributed by atoms with Gasteiger partial charge in [-0.15, -0.1) is 0 Å². The number of hydrogen-bond acceptors (Lipinski definition) is 3. The first-order chi connectivity index (χ1) is 10.9. The molecule has 0 saturated carbocycles. The lowest BCUT2D eigenvalue weighted by atomic mass is 9.89. The largest absolute Gasteiger partial charge is 0.427 e. The molecule has 2 unspecified atom stereocenters. The molecule has 4 nitrogen and oxygen atoms in total. The second-order valence-corrected chi connectivity index (χ2v) is 6.74. The number of H-pyrrole nitrogens is 1. The first kappa shape index (κ1) is 16.6. The fourth-order valence-corrected chi connectivity index (χ4v) is 3.75. The molecule has 23 heavy (non-hydrogen) atoms. The van der Waals surface area contributed by atoms with Crippen molar-refractivity contribution in [1.82, 2.24) is 4.98 Å². The lowest BCUT2D eigenvalue weighted by Gasteiger charge is -2.40. The summed E-state index contributed by atoms with van der Waals surface area (Å²) in [6, 6.07) is 3.54. The van der Waals surface area contributed by atoms with E-state index in [2.05, 4.69) is 4.98 Å². The molecule has 1 N–H and O–H groups in total. The zero-order valence-electron chi connectivity index (χ0n) is 13.3. The molecule has 2 aromatic rings. The van der Waals surface area contributed by atoms with Crippen molar-refractivity contribution in [1.29, 1.82) is 0 Å². The maximum absolute atomic E-state index is 11.7. The van der Waals surface area contributed by atoms with Crippen molar-refractivity contribution >= 4 is 40.1 Å². The Morgan fingerprint density at radius 2 is 2.13 bits per heavy atom. The lowest BCUT2D eigenvalue weighted by Crippen LogP contribution is -2.44. The summed E-state index contributed by atoms with van der Waals surface area (Å²) in [5.74, 6) is -1.52. The van der Waals surface area contributed by atoms with Gasteiger partial charge in [-0.1, -0.05) is 37.0 Å². The van der Waals surface area contributed by atoms with Crippen molar-refractivity contribution in [2.24, 2.45) is 5.92 Å². The number of halogens is 2. The van der Waals surface area contributed by atoms with Gasteiger partial charge in [-0.3, -0.25) is 4.79 Å². The van der Waals surface area contributed by atoms with Crippen molar-refractivity contribution in [2.75, 3.05) is 6.61 Å². The fourth-order valence-electron chi connectivity index (χ4n) is 3.27. The Hall–Kier alpha value is -1.23. The fraction of sp³-hybridized carbons (Fsp3) is 0.471. The van der Waals surface area contributed by atoms with Crippen LogP contribution in [0, 0.1) is 5.92 Å². The third-order valence-electron chi connectivity index (χ3n) is 4.53. The average Bonchev–Trinajstić information content (AvgIpc) is 2.91. The number of aromatic nitrogens is 1. The maximum Gasteiger partial charge on any atom is 0.305 e. The number of fused-ring (bicyclic) bond motifs is 3. The van der Waals surface area contributed by atoms with E-state index in [-0.39, 0.29) is 11.9 Å². The SMILES string of the molecule is CCC(C)C1(OC(C)=O)OCCc2c1[nH]c1c(Cl)ccc(Cl)c21. The normalized spacial score (nSPS) is 22.0. The van der Waals surface area contributed by atoms with Crippen LogP contribution < -0.4 is 0 Å². The first-order valence-electron chi connectivity index (χ1n) is 7.73. The van der Waals surface area contributed by atoms with E-state index in [1.807, 2.05) is 13.8 Å². The quantitative estimate of drug-likeness (QED) is 0.803. The lowest BCUT2D eigenvalue weighted by molar-refractivity contribution is -0.268. The number of ether oxygens (including phenoxy) is 2. The molecule has 0 spiro atoms. The number of benzene rings is 1. The highest BCUT2D eigenvalue weighted by atomic mass is 35.5. The molecule has 0 bridgehead atoms. The van der Waals surface area contributed by atoms with E-state index in [0.29, 0.717) is 23.1 Å². The Balaban J connectivity index is 2.31. The summed E-state index contributed by atoms with van der Waals surface area (Å²) in [5.41, 5.74) is 2.52. The van der Waals surface area contributed by atoms with E-state index in [0.717, 1.165) is 28.6 Å². The van der Waals surface area contributed by atoms with Crippen molar-refractivity contribution in [3.8, 4) is 0 Å². The topological polar surface area (TPSA) is 51.3 Å². The molecule has 3 rings (SSSR count). The molecule has 1 aliphatic rings. The molecule has 2 atom stereocenters. The number of esters is 1. The summed E-state index contributed by atoms with van der Waals surface area (Å²) in [4.78, 5) is 15.0. The highest BCUT2D eigenvalue weighted by Gasteiger charge is 2.47. The van der Waals surface area contributed by atoms with Crippen LogP contribution in [-0.4, -0.2) is 17.6 Å². The van der Waals surface area contributed by atoms with Gasteiger partial charge in [-0.05, 0) is 30.5 Å². The molecule has 124 valence electrons. The zero-order chi connectivity index (χ0) is 16.8. The smallest absolute Gasteiger partial charge is 0.305 e. The number of carbonyl (C=O) groups excluding carboxylic acids is 1. The van der Waals surface area contributed by atoms with Gasteiger partial charge in [0.05, 0.1) is 27.9 Å². The van der Waals surface area contributed by atoms with Crippen molar-refractivity contribution in [2.45, 2.75) is 39.4 Å². The molecule has 1 aliphatic heterocycles. The minimum atomic E-state index is -1.13. The van der Waals surface area contributed by atoms with Gasteiger partial charge in [0.1, 0.15) is 0 Å². The van der Waals surface area contributed by atoms with Crippen LogP contribution in [0.15, 0.2) is 12.1 Å². The maximum atomic E-state index is 11.7. The van der Waals surface area contributed by atoms with Gasteiger partial charge in [0.2, 0.25) is 0 Å². The van der Waals surface area contributed by atoms with E-state index in [1.165, 1.54) is 6.92 Å². The van der Waals surface area contributed by atoms with Crippen LogP contribution in [0.4, 0.5) is 0 Å². The minimum absolute atomic E-state index is 0.0175. The molecule has 1 aromatic heterocycles. The molecule has 0 saturated heterocycles. The van der Waals surface area contributed by atoms with E-state index in [1.54, 1.807) is 12.1 Å². The van der Waals surface area contributed by atoms with Gasteiger partial charge < -0.3 is 14.5 Å². The summed E-state index contributed by atoms with van der Waals surface area (Å²) in [5, 5.41) is 2.10. The molecular formula is C17H19Cl2NO3. The van der Waals surface area contributed by atoms with Gasteiger partial charge in [-0.25, -0.2) is 0 Å². The monoisotopic (exact) mass is 355 g/mol. The molecule has 0 aliphatic carbocycles. The number of nitrogens with one attached hydrogen (secondary N) is 1. The van der Waals surface area contributed by atoms with Crippen LogP contribution in [0.3, 0.4) is 0 Å². The third-order valence-corrected chi connectivity index (χ3v) is 5.16. The van der Waals surface area contributed by atoms with Gasteiger partial charge in [0.15, 0.2) is 0 Å². The molecular weight excluding hydrogens is 337 g/mol. The zero-order valence-corrected chi connectivity index (χ0v) is 14.8. The second kappa shape index (κ2) is 6.00. The summed E-state index contributed by atoms with van der Waals surface area (Å²) < 4.78 is 11.7. The third kappa shape index (κ3) is 2.53.